The normalized spacial score (nSPS) is 29.5. The minimum absolute atomic E-state index is 0.0140. The molecule has 2 aromatic rings. The van der Waals surface area contributed by atoms with E-state index in [2.05, 4.69) is 26.0 Å². The quantitative estimate of drug-likeness (QED) is 0.906. The van der Waals surface area contributed by atoms with Crippen molar-refractivity contribution in [2.24, 2.45) is 5.73 Å². The Balaban J connectivity index is 1.81. The van der Waals surface area contributed by atoms with E-state index < -0.39 is 0 Å². The van der Waals surface area contributed by atoms with Gasteiger partial charge in [-0.1, -0.05) is 32.0 Å². The van der Waals surface area contributed by atoms with Gasteiger partial charge in [-0.05, 0) is 12.1 Å². The predicted octanol–water partition coefficient (Wildman–Crippen LogP) is 4.06. The van der Waals surface area contributed by atoms with Crippen LogP contribution in [0.2, 0.25) is 0 Å². The highest BCUT2D eigenvalue weighted by molar-refractivity contribution is 8.07. The number of nitrogens with two attached hydrogens (primary N) is 1. The van der Waals surface area contributed by atoms with Crippen LogP contribution in [-0.4, -0.2) is 21.5 Å². The highest BCUT2D eigenvalue weighted by Crippen LogP contribution is 2.40. The summed E-state index contributed by atoms with van der Waals surface area (Å²) >= 11 is 4.02. The number of rotatable bonds is 2. The number of furan rings is 1. The highest BCUT2D eigenvalue weighted by atomic mass is 32.2. The molecule has 2 heterocycles. The molecule has 1 aromatic carbocycles. The van der Waals surface area contributed by atoms with E-state index in [1.807, 2.05) is 41.7 Å². The summed E-state index contributed by atoms with van der Waals surface area (Å²) in [5, 5.41) is 2.95. The van der Waals surface area contributed by atoms with Gasteiger partial charge in [0.25, 0.3) is 0 Å². The Morgan fingerprint density at radius 1 is 1.26 bits per heavy atom. The first-order valence-corrected chi connectivity index (χ1v) is 8.65. The average molecular weight is 293 g/mol. The molecule has 0 spiro atoms. The maximum Gasteiger partial charge on any atom is 0.134 e. The van der Waals surface area contributed by atoms with E-state index >= 15 is 0 Å². The van der Waals surface area contributed by atoms with Gasteiger partial charge in [0.05, 0.1) is 6.04 Å². The fourth-order valence-electron chi connectivity index (χ4n) is 2.35. The molecule has 0 saturated carbocycles. The van der Waals surface area contributed by atoms with Crippen molar-refractivity contribution in [2.45, 2.75) is 35.6 Å². The molecule has 0 amide bonds. The van der Waals surface area contributed by atoms with E-state index in [0.717, 1.165) is 22.5 Å². The second-order valence-corrected chi connectivity index (χ2v) is 8.16. The minimum atomic E-state index is -0.0140. The molecule has 1 fully saturated rings. The molecule has 1 aromatic heterocycles. The topological polar surface area (TPSA) is 39.2 Å². The third kappa shape index (κ3) is 2.67. The van der Waals surface area contributed by atoms with Crippen molar-refractivity contribution >= 4 is 34.5 Å². The van der Waals surface area contributed by atoms with Crippen molar-refractivity contribution in [3.05, 3.63) is 36.1 Å². The van der Waals surface area contributed by atoms with Crippen LogP contribution >= 0.6 is 23.5 Å². The molecule has 1 aliphatic heterocycles. The first kappa shape index (κ1) is 13.4. The molecule has 4 atom stereocenters. The summed E-state index contributed by atoms with van der Waals surface area (Å²) in [5.41, 5.74) is 7.35. The molecule has 4 unspecified atom stereocenters. The first-order chi connectivity index (χ1) is 9.15. The summed E-state index contributed by atoms with van der Waals surface area (Å²) in [6.07, 6.45) is 0. The summed E-state index contributed by atoms with van der Waals surface area (Å²) in [6.45, 7) is 4.59. The van der Waals surface area contributed by atoms with E-state index in [0.29, 0.717) is 15.7 Å². The molecule has 0 aliphatic carbocycles. The molecule has 1 saturated heterocycles. The number of para-hydroxylation sites is 1. The number of thioether (sulfide) groups is 2. The summed E-state index contributed by atoms with van der Waals surface area (Å²) in [5.74, 6) is 2.02. The van der Waals surface area contributed by atoms with Gasteiger partial charge in [0, 0.05) is 26.9 Å². The molecule has 19 heavy (non-hydrogen) atoms. The Morgan fingerprint density at radius 2 is 2.05 bits per heavy atom. The average Bonchev–Trinajstić information content (AvgIpc) is 2.85. The van der Waals surface area contributed by atoms with Crippen LogP contribution < -0.4 is 5.73 Å². The van der Waals surface area contributed by atoms with Crippen molar-refractivity contribution in [1.82, 2.24) is 0 Å². The van der Waals surface area contributed by atoms with E-state index in [1.165, 1.54) is 0 Å². The molecular weight excluding hydrogens is 274 g/mol. The van der Waals surface area contributed by atoms with Crippen LogP contribution in [0.25, 0.3) is 11.0 Å². The molecule has 0 bridgehead atoms. The van der Waals surface area contributed by atoms with Crippen LogP contribution in [0.15, 0.2) is 34.7 Å². The molecule has 0 radical (unpaired) electrons. The Kier molecular flexibility index (Phi) is 3.83. The highest BCUT2D eigenvalue weighted by Gasteiger charge is 2.31. The monoisotopic (exact) mass is 293 g/mol. The lowest BCUT2D eigenvalue weighted by molar-refractivity contribution is 0.493. The molecule has 3 rings (SSSR count). The number of fused-ring (bicyclic) bond motifs is 1. The zero-order valence-corrected chi connectivity index (χ0v) is 12.8. The molecular formula is C15H19NOS2. The van der Waals surface area contributed by atoms with Gasteiger partial charge in [0.1, 0.15) is 11.3 Å². The zero-order valence-electron chi connectivity index (χ0n) is 11.2. The van der Waals surface area contributed by atoms with E-state index in [1.54, 1.807) is 0 Å². The fourth-order valence-corrected chi connectivity index (χ4v) is 5.37. The lowest BCUT2D eigenvalue weighted by atomic mass is 10.1. The molecule has 2 N–H and O–H groups in total. The van der Waals surface area contributed by atoms with Gasteiger partial charge in [-0.15, -0.1) is 0 Å². The van der Waals surface area contributed by atoms with Crippen LogP contribution in [0.3, 0.4) is 0 Å². The summed E-state index contributed by atoms with van der Waals surface area (Å²) < 4.78 is 5.90. The van der Waals surface area contributed by atoms with Crippen LogP contribution in [0.5, 0.6) is 0 Å². The maximum absolute atomic E-state index is 6.41. The molecule has 2 nitrogen and oxygen atoms in total. The zero-order chi connectivity index (χ0) is 13.4. The largest absolute Gasteiger partial charge is 0.459 e. The van der Waals surface area contributed by atoms with Crippen molar-refractivity contribution < 1.29 is 4.42 Å². The van der Waals surface area contributed by atoms with Gasteiger partial charge in [-0.3, -0.25) is 0 Å². The maximum atomic E-state index is 6.41. The van der Waals surface area contributed by atoms with Crippen molar-refractivity contribution in [2.75, 3.05) is 5.75 Å². The van der Waals surface area contributed by atoms with Crippen LogP contribution in [-0.2, 0) is 0 Å². The van der Waals surface area contributed by atoms with E-state index in [4.69, 9.17) is 10.2 Å². The third-order valence-electron chi connectivity index (χ3n) is 3.75. The van der Waals surface area contributed by atoms with Gasteiger partial charge < -0.3 is 10.2 Å². The Hall–Kier alpha value is -0.580. The second-order valence-electron chi connectivity index (χ2n) is 5.13. The third-order valence-corrected chi connectivity index (χ3v) is 7.26. The standard InChI is InChI=1S/C15H19NOS2/c1-9-10(2)19-14(8-18-9)15(16)13-7-11-5-3-4-6-12(11)17-13/h3-7,9-10,14-15H,8,16H2,1-2H3. The summed E-state index contributed by atoms with van der Waals surface area (Å²) in [6, 6.07) is 10.2. The van der Waals surface area contributed by atoms with E-state index in [9.17, 15) is 0 Å². The smallest absolute Gasteiger partial charge is 0.134 e. The van der Waals surface area contributed by atoms with Gasteiger partial charge in [0.15, 0.2) is 0 Å². The van der Waals surface area contributed by atoms with Crippen molar-refractivity contribution in [1.29, 1.82) is 0 Å². The summed E-state index contributed by atoms with van der Waals surface area (Å²) in [7, 11) is 0. The fraction of sp³-hybridized carbons (Fsp3) is 0.467. The number of benzene rings is 1. The number of hydrogen-bond acceptors (Lipinski definition) is 4. The van der Waals surface area contributed by atoms with Gasteiger partial charge in [0.2, 0.25) is 0 Å². The Bertz CT molecular complexity index is 535. The van der Waals surface area contributed by atoms with Gasteiger partial charge in [-0.2, -0.15) is 23.5 Å². The lowest BCUT2D eigenvalue weighted by Gasteiger charge is -2.33. The van der Waals surface area contributed by atoms with Gasteiger partial charge >= 0.3 is 0 Å². The van der Waals surface area contributed by atoms with Crippen LogP contribution in [0.4, 0.5) is 0 Å². The Morgan fingerprint density at radius 3 is 2.79 bits per heavy atom. The van der Waals surface area contributed by atoms with Gasteiger partial charge in [-0.25, -0.2) is 0 Å². The van der Waals surface area contributed by atoms with Crippen molar-refractivity contribution in [3.63, 3.8) is 0 Å². The minimum Gasteiger partial charge on any atom is -0.459 e. The molecule has 102 valence electrons. The first-order valence-electron chi connectivity index (χ1n) is 6.66. The molecule has 4 heteroatoms. The molecule has 1 aliphatic rings. The number of hydrogen-bond donors (Lipinski definition) is 1. The second kappa shape index (κ2) is 5.43. The SMILES string of the molecule is CC1SCC(C(N)c2cc3ccccc3o2)SC1C. The summed E-state index contributed by atoms with van der Waals surface area (Å²) in [4.78, 5) is 0. The van der Waals surface area contributed by atoms with Crippen LogP contribution in [0, 0.1) is 0 Å². The lowest BCUT2D eigenvalue weighted by Crippen LogP contribution is -2.33. The van der Waals surface area contributed by atoms with Crippen LogP contribution in [0.1, 0.15) is 25.6 Å². The Labute approximate surface area is 122 Å². The van der Waals surface area contributed by atoms with E-state index in [-0.39, 0.29) is 6.04 Å². The van der Waals surface area contributed by atoms with Crippen molar-refractivity contribution in [3.8, 4) is 0 Å². The predicted molar refractivity (Wildman–Crippen MR) is 85.9 cm³/mol.